The van der Waals surface area contributed by atoms with E-state index in [-0.39, 0.29) is 25.2 Å². The van der Waals surface area contributed by atoms with E-state index >= 15 is 0 Å². The van der Waals surface area contributed by atoms with Gasteiger partial charge in [0.25, 0.3) is 5.91 Å². The maximum atomic E-state index is 12.0. The summed E-state index contributed by atoms with van der Waals surface area (Å²) in [6.07, 6.45) is 3.24. The van der Waals surface area contributed by atoms with E-state index in [1.54, 1.807) is 24.3 Å². The lowest BCUT2D eigenvalue weighted by Gasteiger charge is -2.34. The van der Waals surface area contributed by atoms with Crippen LogP contribution < -0.4 is 10.1 Å². The first-order chi connectivity index (χ1) is 12.0. The van der Waals surface area contributed by atoms with E-state index < -0.39 is 5.97 Å². The second-order valence-electron chi connectivity index (χ2n) is 6.50. The normalized spacial score (nSPS) is 22.5. The van der Waals surface area contributed by atoms with Crippen LogP contribution in [0.25, 0.3) is 0 Å². The monoisotopic (exact) mass is 344 g/mol. The molecule has 0 heterocycles. The summed E-state index contributed by atoms with van der Waals surface area (Å²) in [5.74, 6) is 0.371. The van der Waals surface area contributed by atoms with Crippen molar-refractivity contribution in [2.75, 3.05) is 13.2 Å². The molecule has 0 unspecified atom stereocenters. The Morgan fingerprint density at radius 1 is 1.24 bits per heavy atom. The third-order valence-electron chi connectivity index (χ3n) is 4.77. The molecule has 1 aliphatic rings. The van der Waals surface area contributed by atoms with Crippen LogP contribution in [0.4, 0.5) is 0 Å². The summed E-state index contributed by atoms with van der Waals surface area (Å²) in [5, 5.41) is 11.9. The Kier molecular flexibility index (Phi) is 6.81. The molecule has 1 aromatic rings. The topological polar surface area (TPSA) is 88.4 Å². The molecule has 0 aliphatic heterocycles. The number of nitrogens with one attached hydrogen (secondary N) is 1. The zero-order valence-electron chi connectivity index (χ0n) is 14.7. The van der Waals surface area contributed by atoms with Crippen LogP contribution in [0.2, 0.25) is 0 Å². The summed E-state index contributed by atoms with van der Waals surface area (Å²) in [6, 6.07) is 8.73. The Morgan fingerprint density at radius 3 is 2.76 bits per heavy atom. The third-order valence-corrected chi connectivity index (χ3v) is 4.77. The summed E-state index contributed by atoms with van der Waals surface area (Å²) in [7, 11) is 0. The molecule has 1 amide bonds. The molecule has 0 radical (unpaired) electrons. The first kappa shape index (κ1) is 18.8. The van der Waals surface area contributed by atoms with Crippen molar-refractivity contribution in [3.05, 3.63) is 29.8 Å². The van der Waals surface area contributed by atoms with Gasteiger partial charge in [0, 0.05) is 6.04 Å². The standard InChI is InChI=1S/C19H24N2O4/c1-13-6-5-8-16(14(13)2)21-18(22)11-25-19(23)12-24-17-9-4-3-7-15(17)10-20/h3-4,7,9,13-14,16H,5-6,8,11-12H2,1-2H3,(H,21,22)/t13-,14-,16-/m1/s1. The van der Waals surface area contributed by atoms with E-state index in [9.17, 15) is 9.59 Å². The molecule has 0 saturated heterocycles. The number of carbonyl (C=O) groups is 2. The number of nitrogens with zero attached hydrogens (tertiary/aromatic N) is 1. The summed E-state index contributed by atoms with van der Waals surface area (Å²) in [5.41, 5.74) is 0.341. The minimum Gasteiger partial charge on any atom is -0.481 e. The number of carbonyl (C=O) groups excluding carboxylic acids is 2. The van der Waals surface area contributed by atoms with Crippen LogP contribution in [0.15, 0.2) is 24.3 Å². The molecule has 1 fully saturated rings. The van der Waals surface area contributed by atoms with Crippen LogP contribution in [-0.4, -0.2) is 31.1 Å². The highest BCUT2D eigenvalue weighted by Crippen LogP contribution is 2.29. The van der Waals surface area contributed by atoms with E-state index in [4.69, 9.17) is 14.7 Å². The fourth-order valence-electron chi connectivity index (χ4n) is 3.04. The Balaban J connectivity index is 1.72. The first-order valence-corrected chi connectivity index (χ1v) is 8.58. The highest BCUT2D eigenvalue weighted by atomic mass is 16.6. The predicted octanol–water partition coefficient (Wildman–Crippen LogP) is 2.42. The lowest BCUT2D eigenvalue weighted by molar-refractivity contribution is -0.150. The number of hydrogen-bond acceptors (Lipinski definition) is 5. The fraction of sp³-hybridized carbons (Fsp3) is 0.526. The zero-order chi connectivity index (χ0) is 18.2. The zero-order valence-corrected chi connectivity index (χ0v) is 14.7. The van der Waals surface area contributed by atoms with Crippen LogP contribution in [0.5, 0.6) is 5.75 Å². The lowest BCUT2D eigenvalue weighted by atomic mass is 9.78. The number of para-hydroxylation sites is 1. The van der Waals surface area contributed by atoms with Crippen molar-refractivity contribution in [2.45, 2.75) is 39.2 Å². The van der Waals surface area contributed by atoms with Gasteiger partial charge in [0.2, 0.25) is 0 Å². The van der Waals surface area contributed by atoms with Gasteiger partial charge in [0.1, 0.15) is 11.8 Å². The van der Waals surface area contributed by atoms with Gasteiger partial charge >= 0.3 is 5.97 Å². The highest BCUT2D eigenvalue weighted by Gasteiger charge is 2.28. The van der Waals surface area contributed by atoms with Crippen molar-refractivity contribution in [3.63, 3.8) is 0 Å². The smallest absolute Gasteiger partial charge is 0.344 e. The average molecular weight is 344 g/mol. The fourth-order valence-corrected chi connectivity index (χ4v) is 3.04. The van der Waals surface area contributed by atoms with Gasteiger partial charge in [0.15, 0.2) is 13.2 Å². The van der Waals surface area contributed by atoms with Gasteiger partial charge in [-0.3, -0.25) is 4.79 Å². The van der Waals surface area contributed by atoms with Crippen LogP contribution in [-0.2, 0) is 14.3 Å². The van der Waals surface area contributed by atoms with E-state index in [1.807, 2.05) is 6.07 Å². The molecule has 1 aliphatic carbocycles. The van der Waals surface area contributed by atoms with Crippen LogP contribution >= 0.6 is 0 Å². The van der Waals surface area contributed by atoms with Gasteiger partial charge in [0.05, 0.1) is 5.56 Å². The minimum absolute atomic E-state index is 0.133. The Morgan fingerprint density at radius 2 is 2.00 bits per heavy atom. The molecule has 1 aromatic carbocycles. The largest absolute Gasteiger partial charge is 0.481 e. The van der Waals surface area contributed by atoms with Crippen molar-refractivity contribution in [2.24, 2.45) is 11.8 Å². The van der Waals surface area contributed by atoms with E-state index in [0.29, 0.717) is 23.1 Å². The van der Waals surface area contributed by atoms with Gasteiger partial charge in [-0.05, 0) is 30.4 Å². The van der Waals surface area contributed by atoms with Gasteiger partial charge in [-0.2, -0.15) is 5.26 Å². The molecule has 2 rings (SSSR count). The predicted molar refractivity (Wildman–Crippen MR) is 91.7 cm³/mol. The van der Waals surface area contributed by atoms with Gasteiger partial charge in [-0.15, -0.1) is 0 Å². The molecule has 25 heavy (non-hydrogen) atoms. The van der Waals surface area contributed by atoms with Crippen LogP contribution in [0, 0.1) is 23.2 Å². The van der Waals surface area contributed by atoms with Crippen LogP contribution in [0.1, 0.15) is 38.7 Å². The summed E-state index contributed by atoms with van der Waals surface area (Å²) in [4.78, 5) is 23.7. The molecule has 3 atom stereocenters. The molecule has 1 saturated carbocycles. The molecule has 0 bridgehead atoms. The number of nitriles is 1. The molecule has 6 heteroatoms. The molecule has 134 valence electrons. The number of hydrogen-bond donors (Lipinski definition) is 1. The van der Waals surface area contributed by atoms with Crippen LogP contribution in [0.3, 0.4) is 0 Å². The molecule has 0 spiro atoms. The molecule has 6 nitrogen and oxygen atoms in total. The third kappa shape index (κ3) is 5.49. The number of ether oxygens (including phenoxy) is 2. The molecular formula is C19H24N2O4. The highest BCUT2D eigenvalue weighted by molar-refractivity contribution is 5.81. The number of esters is 1. The molecular weight excluding hydrogens is 320 g/mol. The van der Waals surface area contributed by atoms with Crippen molar-refractivity contribution in [3.8, 4) is 11.8 Å². The SMILES string of the molecule is C[C@@H]1[C@H](C)CCC[C@H]1NC(=O)COC(=O)COc1ccccc1C#N. The Hall–Kier alpha value is -2.55. The molecule has 0 aromatic heterocycles. The summed E-state index contributed by atoms with van der Waals surface area (Å²) >= 11 is 0. The Bertz CT molecular complexity index is 653. The van der Waals surface area contributed by atoms with Crippen molar-refractivity contribution < 1.29 is 19.1 Å². The van der Waals surface area contributed by atoms with E-state index in [0.717, 1.165) is 12.8 Å². The Labute approximate surface area is 148 Å². The maximum Gasteiger partial charge on any atom is 0.344 e. The summed E-state index contributed by atoms with van der Waals surface area (Å²) < 4.78 is 10.2. The first-order valence-electron chi connectivity index (χ1n) is 8.58. The quantitative estimate of drug-likeness (QED) is 0.801. The average Bonchev–Trinajstić information content (AvgIpc) is 2.62. The van der Waals surface area contributed by atoms with Gasteiger partial charge < -0.3 is 14.8 Å². The second-order valence-corrected chi connectivity index (χ2v) is 6.50. The minimum atomic E-state index is -0.645. The lowest BCUT2D eigenvalue weighted by Crippen LogP contribution is -2.45. The second kappa shape index (κ2) is 9.07. The van der Waals surface area contributed by atoms with E-state index in [2.05, 4.69) is 19.2 Å². The number of benzene rings is 1. The number of amides is 1. The van der Waals surface area contributed by atoms with Gasteiger partial charge in [-0.25, -0.2) is 4.79 Å². The van der Waals surface area contributed by atoms with Crippen molar-refractivity contribution in [1.82, 2.24) is 5.32 Å². The van der Waals surface area contributed by atoms with Crippen molar-refractivity contribution in [1.29, 1.82) is 5.26 Å². The van der Waals surface area contributed by atoms with Gasteiger partial charge in [-0.1, -0.05) is 38.8 Å². The molecule has 1 N–H and O–H groups in total. The maximum absolute atomic E-state index is 12.0. The van der Waals surface area contributed by atoms with E-state index in [1.165, 1.54) is 6.42 Å². The van der Waals surface area contributed by atoms with Crippen molar-refractivity contribution >= 4 is 11.9 Å². The number of rotatable bonds is 6. The summed E-state index contributed by atoms with van der Waals surface area (Å²) in [6.45, 7) is 3.67.